The first-order chi connectivity index (χ1) is 8.31. The molecule has 0 radical (unpaired) electrons. The van der Waals surface area contributed by atoms with Crippen molar-refractivity contribution in [2.24, 2.45) is 0 Å². The third-order valence-electron chi connectivity index (χ3n) is 2.24. The summed E-state index contributed by atoms with van der Waals surface area (Å²) in [5.74, 6) is 0.516. The second-order valence-electron chi connectivity index (χ2n) is 3.37. The summed E-state index contributed by atoms with van der Waals surface area (Å²) in [5, 5.41) is 2.52. The minimum Gasteiger partial charge on any atom is -0.433 e. The highest BCUT2D eigenvalue weighted by atomic mass is 79.9. The number of hydrogen-bond acceptors (Lipinski definition) is 3. The molecule has 2 aromatic rings. The molecule has 0 bridgehead atoms. The molecule has 0 saturated carbocycles. The second-order valence-corrected chi connectivity index (χ2v) is 4.16. The summed E-state index contributed by atoms with van der Waals surface area (Å²) in [7, 11) is 0. The van der Waals surface area contributed by atoms with Gasteiger partial charge in [0.1, 0.15) is 12.4 Å². The molecule has 88 valence electrons. The summed E-state index contributed by atoms with van der Waals surface area (Å²) in [5.41, 5.74) is 0. The zero-order chi connectivity index (χ0) is 12.1. The minimum absolute atomic E-state index is 0.295. The van der Waals surface area contributed by atoms with Crippen molar-refractivity contribution in [1.29, 1.82) is 0 Å². The molecule has 0 atom stereocenters. The molecule has 0 N–H and O–H groups in total. The van der Waals surface area contributed by atoms with Crippen LogP contribution < -0.4 is 4.74 Å². The summed E-state index contributed by atoms with van der Waals surface area (Å²) in [6.45, 7) is 0.295. The second kappa shape index (κ2) is 5.68. The summed E-state index contributed by atoms with van der Waals surface area (Å²) >= 11 is 3.17. The standard InChI is InChI=1S/C13H11BrO3/c14-8-9-16-13(15)17-12-7-3-5-10-4-1-2-6-11(10)12/h1-7H,8-9H2. The topological polar surface area (TPSA) is 35.5 Å². The van der Waals surface area contributed by atoms with Gasteiger partial charge in [-0.15, -0.1) is 0 Å². The Morgan fingerprint density at radius 1 is 1.12 bits per heavy atom. The molecule has 2 rings (SSSR count). The number of alkyl halides is 1. The van der Waals surface area contributed by atoms with E-state index in [1.165, 1.54) is 0 Å². The Kier molecular flexibility index (Phi) is 3.98. The van der Waals surface area contributed by atoms with Crippen molar-refractivity contribution in [1.82, 2.24) is 0 Å². The van der Waals surface area contributed by atoms with Crippen LogP contribution in [0.3, 0.4) is 0 Å². The lowest BCUT2D eigenvalue weighted by Crippen LogP contribution is -2.12. The summed E-state index contributed by atoms with van der Waals surface area (Å²) in [4.78, 5) is 11.3. The predicted octanol–water partition coefficient (Wildman–Crippen LogP) is 3.75. The molecule has 0 aliphatic rings. The van der Waals surface area contributed by atoms with Gasteiger partial charge in [-0.25, -0.2) is 4.79 Å². The average Bonchev–Trinajstić information content (AvgIpc) is 2.37. The van der Waals surface area contributed by atoms with Crippen LogP contribution in [0.4, 0.5) is 4.79 Å². The lowest BCUT2D eigenvalue weighted by molar-refractivity contribution is 0.106. The van der Waals surface area contributed by atoms with E-state index in [9.17, 15) is 4.79 Å². The fourth-order valence-corrected chi connectivity index (χ4v) is 1.69. The molecule has 0 aromatic heterocycles. The molecule has 0 unspecified atom stereocenters. The van der Waals surface area contributed by atoms with Crippen LogP contribution in [0, 0.1) is 0 Å². The third-order valence-corrected chi connectivity index (χ3v) is 2.56. The van der Waals surface area contributed by atoms with Crippen molar-refractivity contribution in [3.63, 3.8) is 0 Å². The van der Waals surface area contributed by atoms with E-state index in [4.69, 9.17) is 9.47 Å². The number of carbonyl (C=O) groups excluding carboxylic acids is 1. The molecule has 0 aliphatic carbocycles. The van der Waals surface area contributed by atoms with E-state index in [2.05, 4.69) is 15.9 Å². The first-order valence-electron chi connectivity index (χ1n) is 5.19. The molecule has 0 amide bonds. The maximum absolute atomic E-state index is 11.3. The van der Waals surface area contributed by atoms with Crippen LogP contribution in [-0.4, -0.2) is 18.1 Å². The van der Waals surface area contributed by atoms with Crippen LogP contribution in [-0.2, 0) is 4.74 Å². The first kappa shape index (κ1) is 11.9. The van der Waals surface area contributed by atoms with E-state index in [-0.39, 0.29) is 0 Å². The van der Waals surface area contributed by atoms with Gasteiger partial charge in [-0.05, 0) is 11.5 Å². The van der Waals surface area contributed by atoms with Gasteiger partial charge in [0, 0.05) is 10.7 Å². The molecule has 3 nitrogen and oxygen atoms in total. The molecule has 4 heteroatoms. The van der Waals surface area contributed by atoms with Crippen molar-refractivity contribution < 1.29 is 14.3 Å². The molecule has 0 saturated heterocycles. The molecule has 0 heterocycles. The van der Waals surface area contributed by atoms with Crippen LogP contribution in [0.2, 0.25) is 0 Å². The fraction of sp³-hybridized carbons (Fsp3) is 0.154. The lowest BCUT2D eigenvalue weighted by Gasteiger charge is -2.07. The van der Waals surface area contributed by atoms with Gasteiger partial charge in [-0.2, -0.15) is 0 Å². The molecule has 2 aromatic carbocycles. The Hall–Kier alpha value is -1.55. The summed E-state index contributed by atoms with van der Waals surface area (Å²) < 4.78 is 9.98. The summed E-state index contributed by atoms with van der Waals surface area (Å²) in [6.07, 6.45) is -0.680. The van der Waals surface area contributed by atoms with E-state index >= 15 is 0 Å². The Balaban J connectivity index is 2.21. The van der Waals surface area contributed by atoms with Gasteiger partial charge in [0.15, 0.2) is 0 Å². The monoisotopic (exact) mass is 294 g/mol. The SMILES string of the molecule is O=C(OCCBr)Oc1cccc2ccccc12. The minimum atomic E-state index is -0.680. The van der Waals surface area contributed by atoms with Crippen molar-refractivity contribution in [2.45, 2.75) is 0 Å². The number of rotatable bonds is 3. The van der Waals surface area contributed by atoms with Gasteiger partial charge in [0.2, 0.25) is 0 Å². The highest BCUT2D eigenvalue weighted by molar-refractivity contribution is 9.09. The molecular formula is C13H11BrO3. The fourth-order valence-electron chi connectivity index (χ4n) is 1.53. The van der Waals surface area contributed by atoms with E-state index in [1.807, 2.05) is 36.4 Å². The number of hydrogen-bond donors (Lipinski definition) is 0. The molecule has 17 heavy (non-hydrogen) atoms. The Bertz CT molecular complexity index is 520. The Labute approximate surface area is 107 Å². The largest absolute Gasteiger partial charge is 0.513 e. The number of benzene rings is 2. The van der Waals surface area contributed by atoms with Crippen molar-refractivity contribution in [3.8, 4) is 5.75 Å². The Morgan fingerprint density at radius 3 is 2.71 bits per heavy atom. The molecular weight excluding hydrogens is 284 g/mol. The Morgan fingerprint density at radius 2 is 1.88 bits per heavy atom. The van der Waals surface area contributed by atoms with Crippen LogP contribution in [0.25, 0.3) is 10.8 Å². The highest BCUT2D eigenvalue weighted by Crippen LogP contribution is 2.25. The van der Waals surface area contributed by atoms with Crippen LogP contribution in [0.1, 0.15) is 0 Å². The zero-order valence-corrected chi connectivity index (χ0v) is 10.6. The highest BCUT2D eigenvalue weighted by Gasteiger charge is 2.08. The average molecular weight is 295 g/mol. The zero-order valence-electron chi connectivity index (χ0n) is 9.06. The van der Waals surface area contributed by atoms with Gasteiger partial charge in [0.25, 0.3) is 0 Å². The quantitative estimate of drug-likeness (QED) is 0.491. The number of carbonyl (C=O) groups is 1. The molecule has 0 spiro atoms. The number of ether oxygens (including phenoxy) is 2. The van der Waals surface area contributed by atoms with Crippen LogP contribution >= 0.6 is 15.9 Å². The van der Waals surface area contributed by atoms with Gasteiger partial charge in [0.05, 0.1) is 0 Å². The van der Waals surface area contributed by atoms with Gasteiger partial charge >= 0.3 is 6.16 Å². The third kappa shape index (κ3) is 2.97. The van der Waals surface area contributed by atoms with Crippen LogP contribution in [0.5, 0.6) is 5.75 Å². The first-order valence-corrected chi connectivity index (χ1v) is 6.32. The van der Waals surface area contributed by atoms with Gasteiger partial charge < -0.3 is 9.47 Å². The van der Waals surface area contributed by atoms with Gasteiger partial charge in [-0.3, -0.25) is 0 Å². The maximum atomic E-state index is 11.3. The summed E-state index contributed by atoms with van der Waals surface area (Å²) in [6, 6.07) is 13.3. The van der Waals surface area contributed by atoms with E-state index in [0.717, 1.165) is 10.8 Å². The lowest BCUT2D eigenvalue weighted by atomic mass is 10.1. The van der Waals surface area contributed by atoms with Crippen molar-refractivity contribution in [3.05, 3.63) is 42.5 Å². The number of fused-ring (bicyclic) bond motifs is 1. The number of halogens is 1. The van der Waals surface area contributed by atoms with Crippen LogP contribution in [0.15, 0.2) is 42.5 Å². The normalized spacial score (nSPS) is 10.2. The predicted molar refractivity (Wildman–Crippen MR) is 69.7 cm³/mol. The van der Waals surface area contributed by atoms with Gasteiger partial charge in [-0.1, -0.05) is 52.3 Å². The molecule has 0 aliphatic heterocycles. The molecule has 0 fully saturated rings. The van der Waals surface area contributed by atoms with Crippen molar-refractivity contribution >= 4 is 32.9 Å². The van der Waals surface area contributed by atoms with E-state index in [0.29, 0.717) is 17.7 Å². The van der Waals surface area contributed by atoms with E-state index in [1.54, 1.807) is 6.07 Å². The maximum Gasteiger partial charge on any atom is 0.513 e. The van der Waals surface area contributed by atoms with Crippen molar-refractivity contribution in [2.75, 3.05) is 11.9 Å². The smallest absolute Gasteiger partial charge is 0.433 e. The van der Waals surface area contributed by atoms with E-state index < -0.39 is 6.16 Å².